The van der Waals surface area contributed by atoms with Crippen molar-refractivity contribution in [1.82, 2.24) is 14.8 Å². The Kier molecular flexibility index (Phi) is 2.99. The van der Waals surface area contributed by atoms with Crippen LogP contribution in [-0.2, 0) is 0 Å². The second kappa shape index (κ2) is 5.10. The minimum absolute atomic E-state index is 0.103. The Bertz CT molecular complexity index is 909. The maximum atomic E-state index is 13.8. The molecular formula is C19H17F2N3. The van der Waals surface area contributed by atoms with Crippen LogP contribution in [0.4, 0.5) is 8.78 Å². The Hall–Kier alpha value is -2.30. The molecule has 0 spiro atoms. The van der Waals surface area contributed by atoms with Gasteiger partial charge in [-0.15, -0.1) is 0 Å². The third-order valence-corrected chi connectivity index (χ3v) is 4.91. The van der Waals surface area contributed by atoms with Crippen molar-refractivity contribution in [2.75, 3.05) is 0 Å². The number of alkyl halides is 2. The summed E-state index contributed by atoms with van der Waals surface area (Å²) in [5.41, 5.74) is 3.14. The van der Waals surface area contributed by atoms with E-state index in [1.165, 1.54) is 0 Å². The Morgan fingerprint density at radius 3 is 2.33 bits per heavy atom. The van der Waals surface area contributed by atoms with Gasteiger partial charge in [0, 0.05) is 23.1 Å². The molecule has 0 unspecified atom stereocenters. The highest BCUT2D eigenvalue weighted by atomic mass is 19.3. The molecule has 5 rings (SSSR count). The van der Waals surface area contributed by atoms with Gasteiger partial charge in [0.2, 0.25) is 0 Å². The van der Waals surface area contributed by atoms with E-state index in [-0.39, 0.29) is 5.56 Å². The van der Waals surface area contributed by atoms with E-state index in [1.807, 2.05) is 30.3 Å². The number of pyridine rings is 1. The molecule has 1 aromatic carbocycles. The molecule has 0 saturated heterocycles. The second-order valence-corrected chi connectivity index (χ2v) is 6.82. The number of hydrogen-bond donors (Lipinski definition) is 0. The van der Waals surface area contributed by atoms with Crippen molar-refractivity contribution in [1.29, 1.82) is 0 Å². The van der Waals surface area contributed by atoms with E-state index in [4.69, 9.17) is 10.1 Å². The number of para-hydroxylation sites is 1. The number of nitrogens with zero attached hydrogens (tertiary/aromatic N) is 3. The van der Waals surface area contributed by atoms with Crippen molar-refractivity contribution in [3.8, 4) is 5.69 Å². The first kappa shape index (κ1) is 14.1. The largest absolute Gasteiger partial charge is 0.264 e. The zero-order valence-corrected chi connectivity index (χ0v) is 13.1. The zero-order chi connectivity index (χ0) is 16.3. The van der Waals surface area contributed by atoms with Gasteiger partial charge in [-0.05, 0) is 43.9 Å². The van der Waals surface area contributed by atoms with E-state index in [9.17, 15) is 8.78 Å². The predicted octanol–water partition coefficient (Wildman–Crippen LogP) is 5.11. The third-order valence-electron chi connectivity index (χ3n) is 4.91. The molecule has 0 N–H and O–H groups in total. The summed E-state index contributed by atoms with van der Waals surface area (Å²) in [6.07, 6.45) is 1.62. The molecule has 3 aromatic rings. The highest BCUT2D eigenvalue weighted by molar-refractivity contribution is 5.85. The van der Waals surface area contributed by atoms with Crippen molar-refractivity contribution >= 4 is 11.0 Å². The molecule has 2 aliphatic carbocycles. The SMILES string of the molecule is FC(F)c1cc(C2CC2)nc2c1c(C1CC1)nn2-c1ccccc1. The van der Waals surface area contributed by atoms with Gasteiger partial charge in [-0.25, -0.2) is 18.4 Å². The summed E-state index contributed by atoms with van der Waals surface area (Å²) in [6.45, 7) is 0. The Balaban J connectivity index is 1.83. The van der Waals surface area contributed by atoms with Crippen molar-refractivity contribution < 1.29 is 8.78 Å². The molecule has 3 nitrogen and oxygen atoms in total. The van der Waals surface area contributed by atoms with Crippen LogP contribution in [0.15, 0.2) is 36.4 Å². The molecule has 2 aromatic heterocycles. The fourth-order valence-electron chi connectivity index (χ4n) is 3.34. The average Bonchev–Trinajstić information content (AvgIpc) is 3.51. The van der Waals surface area contributed by atoms with Crippen LogP contribution in [0.3, 0.4) is 0 Å². The van der Waals surface area contributed by atoms with Crippen LogP contribution in [0.25, 0.3) is 16.7 Å². The minimum Gasteiger partial charge on any atom is -0.233 e. The van der Waals surface area contributed by atoms with Crippen LogP contribution in [0.5, 0.6) is 0 Å². The molecule has 122 valence electrons. The lowest BCUT2D eigenvalue weighted by Gasteiger charge is -2.08. The van der Waals surface area contributed by atoms with Gasteiger partial charge in [-0.1, -0.05) is 18.2 Å². The van der Waals surface area contributed by atoms with Gasteiger partial charge in [0.05, 0.1) is 16.8 Å². The summed E-state index contributed by atoms with van der Waals surface area (Å²) < 4.78 is 29.3. The summed E-state index contributed by atoms with van der Waals surface area (Å²) >= 11 is 0. The number of fused-ring (bicyclic) bond motifs is 1. The standard InChI is InChI=1S/C19H17F2N3/c20-18(21)14-10-15(11-6-7-11)22-19-16(14)17(12-8-9-12)23-24(19)13-4-2-1-3-5-13/h1-5,10-12,18H,6-9H2. The van der Waals surface area contributed by atoms with E-state index < -0.39 is 6.43 Å². The molecule has 2 fully saturated rings. The number of aromatic nitrogens is 3. The second-order valence-electron chi connectivity index (χ2n) is 6.82. The first-order valence-corrected chi connectivity index (χ1v) is 8.49. The lowest BCUT2D eigenvalue weighted by Crippen LogP contribution is -2.00. The minimum atomic E-state index is -2.50. The molecule has 0 radical (unpaired) electrons. The molecule has 0 aliphatic heterocycles. The molecular weight excluding hydrogens is 308 g/mol. The van der Waals surface area contributed by atoms with E-state index in [0.717, 1.165) is 42.8 Å². The average molecular weight is 325 g/mol. The van der Waals surface area contributed by atoms with E-state index >= 15 is 0 Å². The van der Waals surface area contributed by atoms with Crippen LogP contribution in [0.2, 0.25) is 0 Å². The number of halogens is 2. The Morgan fingerprint density at radius 2 is 1.71 bits per heavy atom. The van der Waals surface area contributed by atoms with Crippen LogP contribution in [-0.4, -0.2) is 14.8 Å². The van der Waals surface area contributed by atoms with Crippen LogP contribution >= 0.6 is 0 Å². The highest BCUT2D eigenvalue weighted by Crippen LogP contribution is 2.47. The first-order chi connectivity index (χ1) is 11.7. The lowest BCUT2D eigenvalue weighted by atomic mass is 10.1. The number of benzene rings is 1. The smallest absolute Gasteiger partial charge is 0.233 e. The molecule has 24 heavy (non-hydrogen) atoms. The summed E-state index contributed by atoms with van der Waals surface area (Å²) in [7, 11) is 0. The topological polar surface area (TPSA) is 30.7 Å². The van der Waals surface area contributed by atoms with Crippen LogP contribution in [0, 0.1) is 0 Å². The molecule has 0 bridgehead atoms. The maximum absolute atomic E-state index is 13.8. The maximum Gasteiger partial charge on any atom is 0.264 e. The van der Waals surface area contributed by atoms with Crippen LogP contribution in [0.1, 0.15) is 60.9 Å². The quantitative estimate of drug-likeness (QED) is 0.667. The van der Waals surface area contributed by atoms with Gasteiger partial charge in [-0.2, -0.15) is 5.10 Å². The molecule has 5 heteroatoms. The fourth-order valence-corrected chi connectivity index (χ4v) is 3.34. The highest BCUT2D eigenvalue weighted by Gasteiger charge is 2.34. The van der Waals surface area contributed by atoms with Crippen molar-refractivity contribution in [3.63, 3.8) is 0 Å². The molecule has 0 amide bonds. The van der Waals surface area contributed by atoms with Gasteiger partial charge in [0.15, 0.2) is 5.65 Å². The number of rotatable bonds is 4. The Labute approximate surface area is 138 Å². The first-order valence-electron chi connectivity index (χ1n) is 8.49. The summed E-state index contributed by atoms with van der Waals surface area (Å²) in [4.78, 5) is 4.75. The van der Waals surface area contributed by atoms with Crippen molar-refractivity contribution in [2.45, 2.75) is 43.9 Å². The van der Waals surface area contributed by atoms with Gasteiger partial charge in [0.1, 0.15) is 0 Å². The normalized spacial score (nSPS) is 17.8. The monoisotopic (exact) mass is 325 g/mol. The number of hydrogen-bond acceptors (Lipinski definition) is 2. The Morgan fingerprint density at radius 1 is 1.00 bits per heavy atom. The molecule has 2 heterocycles. The van der Waals surface area contributed by atoms with E-state index in [2.05, 4.69) is 0 Å². The molecule has 0 atom stereocenters. The summed E-state index contributed by atoms with van der Waals surface area (Å²) in [5, 5.41) is 5.28. The third kappa shape index (κ3) is 2.22. The van der Waals surface area contributed by atoms with Gasteiger partial charge in [-0.3, -0.25) is 0 Å². The van der Waals surface area contributed by atoms with E-state index in [1.54, 1.807) is 10.7 Å². The van der Waals surface area contributed by atoms with Gasteiger partial charge >= 0.3 is 0 Å². The fraction of sp³-hybridized carbons (Fsp3) is 0.368. The summed E-state index contributed by atoms with van der Waals surface area (Å²) in [5.74, 6) is 0.624. The molecule has 2 saturated carbocycles. The van der Waals surface area contributed by atoms with Gasteiger partial charge in [0.25, 0.3) is 6.43 Å². The van der Waals surface area contributed by atoms with Crippen molar-refractivity contribution in [2.24, 2.45) is 0 Å². The predicted molar refractivity (Wildman–Crippen MR) is 87.8 cm³/mol. The summed E-state index contributed by atoms with van der Waals surface area (Å²) in [6, 6.07) is 11.3. The lowest BCUT2D eigenvalue weighted by molar-refractivity contribution is 0.153. The zero-order valence-electron chi connectivity index (χ0n) is 13.1. The van der Waals surface area contributed by atoms with E-state index in [0.29, 0.717) is 22.9 Å². The van der Waals surface area contributed by atoms with Crippen LogP contribution < -0.4 is 0 Å². The molecule has 2 aliphatic rings. The van der Waals surface area contributed by atoms with Gasteiger partial charge < -0.3 is 0 Å². The van der Waals surface area contributed by atoms with Crippen molar-refractivity contribution in [3.05, 3.63) is 53.3 Å².